The van der Waals surface area contributed by atoms with Crippen LogP contribution in [0.5, 0.6) is 0 Å². The predicted octanol–water partition coefficient (Wildman–Crippen LogP) is 2.48. The van der Waals surface area contributed by atoms with Crippen LogP contribution in [0.3, 0.4) is 0 Å². The van der Waals surface area contributed by atoms with Crippen LogP contribution in [0.2, 0.25) is 0 Å². The van der Waals surface area contributed by atoms with Gasteiger partial charge in [-0.05, 0) is 5.25 Å². The number of hydrogen-bond donors (Lipinski definition) is 1. The number of thiazole rings is 1. The Bertz CT molecular complexity index is 296. The summed E-state index contributed by atoms with van der Waals surface area (Å²) in [6, 6.07) is 0. The first-order chi connectivity index (χ1) is 6.09. The Hall–Kier alpha value is -0.550. The van der Waals surface area contributed by atoms with Crippen molar-refractivity contribution < 1.29 is 9.90 Å². The number of rotatable bonds is 4. The van der Waals surface area contributed by atoms with Gasteiger partial charge in [-0.3, -0.25) is 0 Å². The molecule has 13 heavy (non-hydrogen) atoms. The van der Waals surface area contributed by atoms with Gasteiger partial charge in [-0.15, -0.1) is 11.3 Å². The van der Waals surface area contributed by atoms with Crippen molar-refractivity contribution in [2.75, 3.05) is 0 Å². The van der Waals surface area contributed by atoms with E-state index in [1.807, 2.05) is 0 Å². The average molecular weight is 217 g/mol. The molecule has 0 unspecified atom stereocenters. The number of aromatic carboxylic acids is 1. The fourth-order valence-corrected chi connectivity index (χ4v) is 2.28. The monoisotopic (exact) mass is 217 g/mol. The molecule has 1 heterocycles. The van der Waals surface area contributed by atoms with Crippen LogP contribution in [0.1, 0.15) is 28.5 Å². The Kier molecular flexibility index (Phi) is 3.74. The van der Waals surface area contributed by atoms with E-state index in [1.165, 1.54) is 11.3 Å². The summed E-state index contributed by atoms with van der Waals surface area (Å²) in [6.45, 7) is 4.23. The molecule has 5 heteroatoms. The van der Waals surface area contributed by atoms with Crippen molar-refractivity contribution in [1.29, 1.82) is 0 Å². The molecule has 0 aromatic carbocycles. The van der Waals surface area contributed by atoms with Gasteiger partial charge in [-0.1, -0.05) is 13.8 Å². The second kappa shape index (κ2) is 4.62. The normalized spacial score (nSPS) is 10.7. The number of carboxylic acids is 1. The summed E-state index contributed by atoms with van der Waals surface area (Å²) in [5.74, 6) is -0.0893. The molecule has 0 aliphatic rings. The van der Waals surface area contributed by atoms with Gasteiger partial charge >= 0.3 is 5.97 Å². The van der Waals surface area contributed by atoms with Crippen molar-refractivity contribution >= 4 is 29.1 Å². The van der Waals surface area contributed by atoms with Gasteiger partial charge in [0.05, 0.1) is 0 Å². The third kappa shape index (κ3) is 3.36. The number of nitrogens with zero attached hydrogens (tertiary/aromatic N) is 1. The first kappa shape index (κ1) is 10.5. The standard InChI is InChI=1S/C8H11NO2S2/c1-5(2)12-4-6-3-9-7(13-6)8(10)11/h3,5H,4H2,1-2H3,(H,10,11). The van der Waals surface area contributed by atoms with Crippen molar-refractivity contribution in [1.82, 2.24) is 4.98 Å². The number of hydrogen-bond acceptors (Lipinski definition) is 4. The molecule has 0 aliphatic carbocycles. The summed E-state index contributed by atoms with van der Waals surface area (Å²) in [5.41, 5.74) is 0. The fourth-order valence-electron chi connectivity index (χ4n) is 0.722. The van der Waals surface area contributed by atoms with E-state index in [0.29, 0.717) is 5.25 Å². The van der Waals surface area contributed by atoms with E-state index >= 15 is 0 Å². The van der Waals surface area contributed by atoms with Crippen molar-refractivity contribution in [3.63, 3.8) is 0 Å². The SMILES string of the molecule is CC(C)SCc1cnc(C(=O)O)s1. The Morgan fingerprint density at radius 2 is 2.46 bits per heavy atom. The molecule has 1 aromatic heterocycles. The molecule has 0 amide bonds. The van der Waals surface area contributed by atoms with Crippen LogP contribution in [0, 0.1) is 0 Å². The molecule has 0 spiro atoms. The fraction of sp³-hybridized carbons (Fsp3) is 0.500. The van der Waals surface area contributed by atoms with Crippen LogP contribution in [-0.2, 0) is 5.75 Å². The lowest BCUT2D eigenvalue weighted by molar-refractivity contribution is 0.0696. The van der Waals surface area contributed by atoms with E-state index in [2.05, 4.69) is 18.8 Å². The minimum Gasteiger partial charge on any atom is -0.476 e. The molecule has 72 valence electrons. The molecular weight excluding hydrogens is 206 g/mol. The number of carbonyl (C=O) groups is 1. The van der Waals surface area contributed by atoms with Gasteiger partial charge in [0.1, 0.15) is 0 Å². The molecule has 0 saturated heterocycles. The van der Waals surface area contributed by atoms with Gasteiger partial charge in [0.25, 0.3) is 0 Å². The van der Waals surface area contributed by atoms with Gasteiger partial charge in [-0.2, -0.15) is 11.8 Å². The molecular formula is C8H11NO2S2. The highest BCUT2D eigenvalue weighted by Gasteiger charge is 2.08. The van der Waals surface area contributed by atoms with E-state index in [0.717, 1.165) is 10.6 Å². The highest BCUT2D eigenvalue weighted by molar-refractivity contribution is 7.99. The molecule has 0 saturated carbocycles. The summed E-state index contributed by atoms with van der Waals surface area (Å²) >= 11 is 3.04. The maximum absolute atomic E-state index is 10.5. The second-order valence-corrected chi connectivity index (χ2v) is 5.48. The van der Waals surface area contributed by atoms with Gasteiger partial charge in [-0.25, -0.2) is 9.78 Å². The summed E-state index contributed by atoms with van der Waals surface area (Å²) in [6.07, 6.45) is 1.64. The van der Waals surface area contributed by atoms with Crippen molar-refractivity contribution in [3.05, 3.63) is 16.1 Å². The number of carboxylic acid groups (broad SMARTS) is 1. The van der Waals surface area contributed by atoms with E-state index in [9.17, 15) is 4.79 Å². The first-order valence-electron chi connectivity index (χ1n) is 3.89. The molecule has 1 N–H and O–H groups in total. The number of thioether (sulfide) groups is 1. The van der Waals surface area contributed by atoms with E-state index in [-0.39, 0.29) is 5.01 Å². The molecule has 0 atom stereocenters. The number of aromatic nitrogens is 1. The molecule has 0 fully saturated rings. The third-order valence-corrected chi connectivity index (χ3v) is 3.61. The zero-order valence-corrected chi connectivity index (χ0v) is 9.11. The zero-order chi connectivity index (χ0) is 9.84. The Balaban J connectivity index is 2.54. The molecule has 0 radical (unpaired) electrons. The highest BCUT2D eigenvalue weighted by atomic mass is 32.2. The van der Waals surface area contributed by atoms with Gasteiger partial charge in [0.15, 0.2) is 0 Å². The summed E-state index contributed by atoms with van der Waals surface area (Å²) in [4.78, 5) is 15.3. The van der Waals surface area contributed by atoms with Gasteiger partial charge < -0.3 is 5.11 Å². The molecule has 1 rings (SSSR count). The Morgan fingerprint density at radius 3 is 2.92 bits per heavy atom. The molecule has 0 bridgehead atoms. The molecule has 1 aromatic rings. The maximum atomic E-state index is 10.5. The lowest BCUT2D eigenvalue weighted by Gasteiger charge is -2.00. The van der Waals surface area contributed by atoms with Gasteiger partial charge in [0, 0.05) is 16.8 Å². The highest BCUT2D eigenvalue weighted by Crippen LogP contribution is 2.21. The van der Waals surface area contributed by atoms with E-state index < -0.39 is 5.97 Å². The minimum atomic E-state index is -0.939. The first-order valence-corrected chi connectivity index (χ1v) is 5.75. The van der Waals surface area contributed by atoms with Crippen LogP contribution in [0.25, 0.3) is 0 Å². The average Bonchev–Trinajstić information content (AvgIpc) is 2.48. The summed E-state index contributed by atoms with van der Waals surface area (Å²) < 4.78 is 0. The van der Waals surface area contributed by atoms with Crippen molar-refractivity contribution in [2.24, 2.45) is 0 Å². The molecule has 0 aliphatic heterocycles. The lowest BCUT2D eigenvalue weighted by atomic mass is 10.6. The second-order valence-electron chi connectivity index (χ2n) is 2.80. The van der Waals surface area contributed by atoms with Crippen LogP contribution in [0.4, 0.5) is 0 Å². The van der Waals surface area contributed by atoms with Crippen molar-refractivity contribution in [3.8, 4) is 0 Å². The van der Waals surface area contributed by atoms with Crippen LogP contribution < -0.4 is 0 Å². The van der Waals surface area contributed by atoms with Crippen LogP contribution >= 0.6 is 23.1 Å². The van der Waals surface area contributed by atoms with E-state index in [4.69, 9.17) is 5.11 Å². The smallest absolute Gasteiger partial charge is 0.365 e. The zero-order valence-electron chi connectivity index (χ0n) is 7.48. The Labute approximate surface area is 85.2 Å². The topological polar surface area (TPSA) is 50.2 Å². The maximum Gasteiger partial charge on any atom is 0.365 e. The predicted molar refractivity (Wildman–Crippen MR) is 55.5 cm³/mol. The van der Waals surface area contributed by atoms with Crippen LogP contribution in [-0.4, -0.2) is 21.3 Å². The summed E-state index contributed by atoms with van der Waals surface area (Å²) in [7, 11) is 0. The lowest BCUT2D eigenvalue weighted by Crippen LogP contribution is -1.92. The largest absolute Gasteiger partial charge is 0.476 e. The quantitative estimate of drug-likeness (QED) is 0.841. The van der Waals surface area contributed by atoms with Gasteiger partial charge in [0.2, 0.25) is 5.01 Å². The molecule has 3 nitrogen and oxygen atoms in total. The van der Waals surface area contributed by atoms with Crippen LogP contribution in [0.15, 0.2) is 6.20 Å². The Morgan fingerprint density at radius 1 is 1.77 bits per heavy atom. The van der Waals surface area contributed by atoms with E-state index in [1.54, 1.807) is 18.0 Å². The third-order valence-electron chi connectivity index (χ3n) is 1.30. The van der Waals surface area contributed by atoms with Crippen molar-refractivity contribution in [2.45, 2.75) is 24.9 Å². The minimum absolute atomic E-state index is 0.180. The summed E-state index contributed by atoms with van der Waals surface area (Å²) in [5, 5.41) is 9.36.